The second kappa shape index (κ2) is 7.67. The monoisotopic (exact) mass is 412 g/mol. The summed E-state index contributed by atoms with van der Waals surface area (Å²) >= 11 is 0. The molecule has 0 aliphatic heterocycles. The molecule has 32 heavy (non-hydrogen) atoms. The third kappa shape index (κ3) is 3.10. The van der Waals surface area contributed by atoms with Crippen LogP contribution in [0.1, 0.15) is 0 Å². The zero-order chi connectivity index (χ0) is 21.3. The van der Waals surface area contributed by atoms with Crippen LogP contribution in [0.5, 0.6) is 0 Å². The van der Waals surface area contributed by atoms with E-state index in [0.717, 1.165) is 50.7 Å². The van der Waals surface area contributed by atoms with Crippen molar-refractivity contribution in [2.75, 3.05) is 5.32 Å². The second-order valence-electron chi connectivity index (χ2n) is 7.64. The van der Waals surface area contributed by atoms with Crippen LogP contribution in [0.3, 0.4) is 0 Å². The van der Waals surface area contributed by atoms with Gasteiger partial charge in [-0.15, -0.1) is 0 Å². The first-order valence-corrected chi connectivity index (χ1v) is 10.6. The van der Waals surface area contributed by atoms with Gasteiger partial charge in [0.25, 0.3) is 0 Å². The number of hydrogen-bond acceptors (Lipinski definition) is 3. The van der Waals surface area contributed by atoms with Crippen LogP contribution in [-0.2, 0) is 0 Å². The SMILES string of the molecule is c1ccc(Nc2nc3ccccc3c3nc(-c4ccccc4)c(-c4ccccc4)n23)cc1. The number of anilines is 2. The normalized spacial score (nSPS) is 11.1. The molecule has 1 N–H and O–H groups in total. The Kier molecular flexibility index (Phi) is 4.40. The van der Waals surface area contributed by atoms with Gasteiger partial charge >= 0.3 is 0 Å². The van der Waals surface area contributed by atoms with Crippen molar-refractivity contribution in [1.29, 1.82) is 0 Å². The zero-order valence-corrected chi connectivity index (χ0v) is 17.3. The number of benzene rings is 4. The van der Waals surface area contributed by atoms with Crippen molar-refractivity contribution < 1.29 is 0 Å². The number of imidazole rings is 1. The first kappa shape index (κ1) is 18.3. The average Bonchev–Trinajstić information content (AvgIpc) is 3.27. The molecule has 0 fully saturated rings. The molecule has 6 aromatic rings. The molecular weight excluding hydrogens is 392 g/mol. The molecule has 0 saturated heterocycles. The second-order valence-corrected chi connectivity index (χ2v) is 7.64. The minimum absolute atomic E-state index is 0.735. The Morgan fingerprint density at radius 3 is 1.88 bits per heavy atom. The van der Waals surface area contributed by atoms with Crippen molar-refractivity contribution in [1.82, 2.24) is 14.4 Å². The smallest absolute Gasteiger partial charge is 0.214 e. The molecule has 4 aromatic carbocycles. The molecule has 4 heteroatoms. The number of hydrogen-bond donors (Lipinski definition) is 1. The molecule has 2 aromatic heterocycles. The predicted octanol–water partition coefficient (Wildman–Crippen LogP) is 6.96. The summed E-state index contributed by atoms with van der Waals surface area (Å²) in [5.74, 6) is 0.735. The number of rotatable bonds is 4. The van der Waals surface area contributed by atoms with Crippen molar-refractivity contribution in [2.24, 2.45) is 0 Å². The van der Waals surface area contributed by atoms with E-state index in [1.165, 1.54) is 0 Å². The fourth-order valence-electron chi connectivity index (χ4n) is 4.13. The fourth-order valence-corrected chi connectivity index (χ4v) is 4.13. The molecule has 0 aliphatic rings. The molecule has 0 saturated carbocycles. The summed E-state index contributed by atoms with van der Waals surface area (Å²) in [7, 11) is 0. The molecule has 4 nitrogen and oxygen atoms in total. The van der Waals surface area contributed by atoms with Crippen molar-refractivity contribution in [3.8, 4) is 22.5 Å². The lowest BCUT2D eigenvalue weighted by molar-refractivity contribution is 1.13. The van der Waals surface area contributed by atoms with Gasteiger partial charge in [-0.25, -0.2) is 9.97 Å². The maximum Gasteiger partial charge on any atom is 0.214 e. The molecule has 0 aliphatic carbocycles. The van der Waals surface area contributed by atoms with Crippen molar-refractivity contribution in [3.05, 3.63) is 115 Å². The van der Waals surface area contributed by atoms with Crippen molar-refractivity contribution >= 4 is 28.2 Å². The predicted molar refractivity (Wildman–Crippen MR) is 131 cm³/mol. The first-order chi connectivity index (χ1) is 15.9. The third-order valence-corrected chi connectivity index (χ3v) is 5.58. The summed E-state index contributed by atoms with van der Waals surface area (Å²) in [4.78, 5) is 10.2. The molecule has 0 unspecified atom stereocenters. The van der Waals surface area contributed by atoms with E-state index in [2.05, 4.69) is 52.2 Å². The molecule has 0 amide bonds. The summed E-state index contributed by atoms with van der Waals surface area (Å²) < 4.78 is 2.15. The minimum atomic E-state index is 0.735. The van der Waals surface area contributed by atoms with E-state index in [1.807, 2.05) is 72.8 Å². The number of nitrogens with zero attached hydrogens (tertiary/aromatic N) is 3. The lowest BCUT2D eigenvalue weighted by atomic mass is 10.1. The Labute approximate surface area is 185 Å². The van der Waals surface area contributed by atoms with E-state index < -0.39 is 0 Å². The Balaban J connectivity index is 1.74. The first-order valence-electron chi connectivity index (χ1n) is 10.6. The Morgan fingerprint density at radius 1 is 0.562 bits per heavy atom. The third-order valence-electron chi connectivity index (χ3n) is 5.58. The highest BCUT2D eigenvalue weighted by Crippen LogP contribution is 2.37. The van der Waals surface area contributed by atoms with Gasteiger partial charge in [-0.05, 0) is 24.3 Å². The van der Waals surface area contributed by atoms with Crippen LogP contribution >= 0.6 is 0 Å². The molecule has 0 radical (unpaired) electrons. The molecular formula is C28H20N4. The highest BCUT2D eigenvalue weighted by molar-refractivity contribution is 5.97. The molecule has 0 bridgehead atoms. The molecule has 0 atom stereocenters. The van der Waals surface area contributed by atoms with E-state index in [1.54, 1.807) is 0 Å². The van der Waals surface area contributed by atoms with E-state index in [-0.39, 0.29) is 0 Å². The molecule has 6 rings (SSSR count). The lowest BCUT2D eigenvalue weighted by Crippen LogP contribution is -2.04. The van der Waals surface area contributed by atoms with Crippen molar-refractivity contribution in [2.45, 2.75) is 0 Å². The van der Waals surface area contributed by atoms with Gasteiger partial charge < -0.3 is 5.32 Å². The number of fused-ring (bicyclic) bond motifs is 3. The number of nitrogens with one attached hydrogen (secondary N) is 1. The summed E-state index contributed by atoms with van der Waals surface area (Å²) in [6.07, 6.45) is 0. The maximum atomic E-state index is 5.17. The lowest BCUT2D eigenvalue weighted by Gasteiger charge is -2.13. The van der Waals surface area contributed by atoms with Crippen molar-refractivity contribution in [3.63, 3.8) is 0 Å². The van der Waals surface area contributed by atoms with Gasteiger partial charge in [0.15, 0.2) is 0 Å². The van der Waals surface area contributed by atoms with Gasteiger partial charge in [0, 0.05) is 22.2 Å². The Morgan fingerprint density at radius 2 is 1.16 bits per heavy atom. The fraction of sp³-hybridized carbons (Fsp3) is 0. The Hall–Kier alpha value is -4.44. The van der Waals surface area contributed by atoms with Gasteiger partial charge in [0.2, 0.25) is 5.95 Å². The van der Waals surface area contributed by atoms with Crippen LogP contribution < -0.4 is 5.32 Å². The highest BCUT2D eigenvalue weighted by Gasteiger charge is 2.21. The quantitative estimate of drug-likeness (QED) is 0.340. The van der Waals surface area contributed by atoms with Gasteiger partial charge in [-0.3, -0.25) is 4.40 Å². The summed E-state index contributed by atoms with van der Waals surface area (Å²) in [6.45, 7) is 0. The van der Waals surface area contributed by atoms with Gasteiger partial charge in [-0.1, -0.05) is 91.0 Å². The minimum Gasteiger partial charge on any atom is -0.325 e. The van der Waals surface area contributed by atoms with Gasteiger partial charge in [-0.2, -0.15) is 0 Å². The largest absolute Gasteiger partial charge is 0.325 e. The number of para-hydroxylation sites is 2. The summed E-state index contributed by atoms with van der Waals surface area (Å²) in [6, 6.07) is 39.0. The standard InChI is InChI=1S/C28H20N4/c1-4-12-20(13-5-1)25-26(21-14-6-2-7-15-21)32-27(31-25)23-18-10-11-19-24(23)30-28(32)29-22-16-8-3-9-17-22/h1-19H,(H,29,30). The highest BCUT2D eigenvalue weighted by atomic mass is 15.2. The number of aromatic nitrogens is 3. The van der Waals surface area contributed by atoms with E-state index in [0.29, 0.717) is 0 Å². The average molecular weight is 412 g/mol. The van der Waals surface area contributed by atoms with Gasteiger partial charge in [0.1, 0.15) is 5.65 Å². The zero-order valence-electron chi connectivity index (χ0n) is 17.3. The molecule has 152 valence electrons. The van der Waals surface area contributed by atoms with Crippen LogP contribution in [0.25, 0.3) is 39.1 Å². The van der Waals surface area contributed by atoms with Gasteiger partial charge in [0.05, 0.1) is 16.9 Å². The van der Waals surface area contributed by atoms with Crippen LogP contribution in [-0.4, -0.2) is 14.4 Å². The molecule has 0 spiro atoms. The Bertz CT molecular complexity index is 1520. The van der Waals surface area contributed by atoms with Crippen LogP contribution in [0.2, 0.25) is 0 Å². The molecule has 2 heterocycles. The summed E-state index contributed by atoms with van der Waals surface area (Å²) in [5, 5.41) is 4.54. The van der Waals surface area contributed by atoms with Crippen LogP contribution in [0.4, 0.5) is 11.6 Å². The van der Waals surface area contributed by atoms with E-state index >= 15 is 0 Å². The van der Waals surface area contributed by atoms with Crippen LogP contribution in [0.15, 0.2) is 115 Å². The summed E-state index contributed by atoms with van der Waals surface area (Å²) in [5.41, 5.74) is 6.88. The maximum absolute atomic E-state index is 5.17. The van der Waals surface area contributed by atoms with E-state index in [4.69, 9.17) is 9.97 Å². The topological polar surface area (TPSA) is 42.2 Å². The van der Waals surface area contributed by atoms with Crippen LogP contribution in [0, 0.1) is 0 Å². The van der Waals surface area contributed by atoms with E-state index in [9.17, 15) is 0 Å².